The molecule has 0 saturated carbocycles. The van der Waals surface area contributed by atoms with Crippen molar-refractivity contribution in [1.82, 2.24) is 4.98 Å². The van der Waals surface area contributed by atoms with Crippen molar-refractivity contribution < 1.29 is 14.3 Å². The molecule has 2 aromatic carbocycles. The molecule has 5 heteroatoms. The fraction of sp³-hybridized carbons (Fsp3) is 0. The number of nitrogens with zero attached hydrogens (tertiary/aromatic N) is 1. The lowest BCUT2D eigenvalue weighted by atomic mass is 10.0. The lowest BCUT2D eigenvalue weighted by Crippen LogP contribution is -2.01. The third kappa shape index (κ3) is 2.52. The highest BCUT2D eigenvalue weighted by Gasteiger charge is 2.14. The van der Waals surface area contributed by atoms with Crippen LogP contribution in [-0.2, 0) is 0 Å². The maximum Gasteiger partial charge on any atom is 0.336 e. The second-order valence-corrected chi connectivity index (χ2v) is 5.36. The van der Waals surface area contributed by atoms with E-state index in [1.54, 1.807) is 0 Å². The molecule has 0 atom stereocenters. The zero-order valence-corrected chi connectivity index (χ0v) is 12.3. The number of rotatable bonds is 2. The normalized spacial score (nSPS) is 10.8. The topological polar surface area (TPSA) is 50.2 Å². The molecule has 0 spiro atoms. The number of hydrogen-bond acceptors (Lipinski definition) is 2. The van der Waals surface area contributed by atoms with E-state index in [2.05, 4.69) is 20.9 Å². The van der Waals surface area contributed by atoms with E-state index >= 15 is 0 Å². The Morgan fingerprint density at radius 3 is 2.62 bits per heavy atom. The van der Waals surface area contributed by atoms with Gasteiger partial charge in [0.2, 0.25) is 0 Å². The summed E-state index contributed by atoms with van der Waals surface area (Å²) >= 11 is 3.42. The van der Waals surface area contributed by atoms with E-state index in [0.29, 0.717) is 16.6 Å². The standard InChI is InChI=1S/C16H9BrFNO2/c17-13-4-2-1-3-10(13)15-8-12(16(20)21)11-7-9(18)5-6-14(11)19-15/h1-8H,(H,20,21). The Bertz CT molecular complexity index is 864. The molecule has 0 aliphatic carbocycles. The molecule has 0 aliphatic rings. The van der Waals surface area contributed by atoms with Crippen molar-refractivity contribution in [2.24, 2.45) is 0 Å². The molecule has 104 valence electrons. The average molecular weight is 346 g/mol. The van der Waals surface area contributed by atoms with E-state index in [4.69, 9.17) is 0 Å². The lowest BCUT2D eigenvalue weighted by molar-refractivity contribution is 0.0699. The lowest BCUT2D eigenvalue weighted by Gasteiger charge is -2.08. The Labute approximate surface area is 128 Å². The quantitative estimate of drug-likeness (QED) is 0.743. The summed E-state index contributed by atoms with van der Waals surface area (Å²) in [5.74, 6) is -1.60. The molecule has 1 N–H and O–H groups in total. The first-order valence-corrected chi connectivity index (χ1v) is 6.94. The molecule has 3 nitrogen and oxygen atoms in total. The van der Waals surface area contributed by atoms with E-state index in [-0.39, 0.29) is 5.56 Å². The first-order valence-electron chi connectivity index (χ1n) is 6.15. The summed E-state index contributed by atoms with van der Waals surface area (Å²) in [4.78, 5) is 15.9. The predicted molar refractivity (Wildman–Crippen MR) is 81.8 cm³/mol. The molecular formula is C16H9BrFNO2. The third-order valence-corrected chi connectivity index (χ3v) is 3.84. The van der Waals surface area contributed by atoms with Crippen LogP contribution in [0.3, 0.4) is 0 Å². The highest BCUT2D eigenvalue weighted by molar-refractivity contribution is 9.10. The van der Waals surface area contributed by atoms with Crippen molar-refractivity contribution in [3.8, 4) is 11.3 Å². The first-order chi connectivity index (χ1) is 10.1. The molecule has 1 heterocycles. The summed E-state index contributed by atoms with van der Waals surface area (Å²) in [7, 11) is 0. The van der Waals surface area contributed by atoms with Crippen molar-refractivity contribution in [1.29, 1.82) is 0 Å². The van der Waals surface area contributed by atoms with Gasteiger partial charge in [-0.15, -0.1) is 0 Å². The fourth-order valence-electron chi connectivity index (χ4n) is 2.18. The molecule has 21 heavy (non-hydrogen) atoms. The maximum atomic E-state index is 13.3. The van der Waals surface area contributed by atoms with Crippen LogP contribution in [-0.4, -0.2) is 16.1 Å². The Balaban J connectivity index is 2.34. The highest BCUT2D eigenvalue weighted by Crippen LogP contribution is 2.30. The number of pyridine rings is 1. The van der Waals surface area contributed by atoms with Crippen LogP contribution < -0.4 is 0 Å². The summed E-state index contributed by atoms with van der Waals surface area (Å²) in [6.07, 6.45) is 0. The molecule has 3 rings (SSSR count). The van der Waals surface area contributed by atoms with Gasteiger partial charge in [0.15, 0.2) is 0 Å². The van der Waals surface area contributed by atoms with Crippen LogP contribution in [0.2, 0.25) is 0 Å². The van der Waals surface area contributed by atoms with Crippen LogP contribution >= 0.6 is 15.9 Å². The van der Waals surface area contributed by atoms with Crippen LogP contribution in [0.5, 0.6) is 0 Å². The number of carboxylic acid groups (broad SMARTS) is 1. The van der Waals surface area contributed by atoms with Crippen LogP contribution in [0, 0.1) is 5.82 Å². The molecule has 1 aromatic heterocycles. The van der Waals surface area contributed by atoms with Gasteiger partial charge in [-0.05, 0) is 30.3 Å². The number of hydrogen-bond donors (Lipinski definition) is 1. The molecule has 0 amide bonds. The second kappa shape index (κ2) is 5.26. The maximum absolute atomic E-state index is 13.3. The minimum Gasteiger partial charge on any atom is -0.478 e. The van der Waals surface area contributed by atoms with Gasteiger partial charge in [-0.25, -0.2) is 14.2 Å². The number of benzene rings is 2. The molecule has 0 radical (unpaired) electrons. The van der Waals surface area contributed by atoms with Crippen molar-refractivity contribution >= 4 is 32.8 Å². The van der Waals surface area contributed by atoms with Crippen LogP contribution in [0.25, 0.3) is 22.2 Å². The molecule has 0 saturated heterocycles. The summed E-state index contributed by atoms with van der Waals surface area (Å²) in [6.45, 7) is 0. The van der Waals surface area contributed by atoms with Gasteiger partial charge in [0, 0.05) is 15.4 Å². The van der Waals surface area contributed by atoms with E-state index in [9.17, 15) is 14.3 Å². The van der Waals surface area contributed by atoms with Gasteiger partial charge in [0.25, 0.3) is 0 Å². The SMILES string of the molecule is O=C(O)c1cc(-c2ccccc2Br)nc2ccc(F)cc12. The summed E-state index contributed by atoms with van der Waals surface area (Å²) in [6, 6.07) is 12.8. The Hall–Kier alpha value is -2.27. The number of carbonyl (C=O) groups is 1. The van der Waals surface area contributed by atoms with Gasteiger partial charge >= 0.3 is 5.97 Å². The van der Waals surface area contributed by atoms with Crippen LogP contribution in [0.1, 0.15) is 10.4 Å². The van der Waals surface area contributed by atoms with Crippen molar-refractivity contribution in [3.63, 3.8) is 0 Å². The first kappa shape index (κ1) is 13.7. The van der Waals surface area contributed by atoms with Gasteiger partial charge in [-0.3, -0.25) is 0 Å². The largest absolute Gasteiger partial charge is 0.478 e. The van der Waals surface area contributed by atoms with Gasteiger partial charge in [-0.2, -0.15) is 0 Å². The highest BCUT2D eigenvalue weighted by atomic mass is 79.9. The average Bonchev–Trinajstić information content (AvgIpc) is 2.46. The number of carboxylic acids is 1. The number of halogens is 2. The fourth-order valence-corrected chi connectivity index (χ4v) is 2.67. The molecule has 0 bridgehead atoms. The van der Waals surface area contributed by atoms with Crippen LogP contribution in [0.15, 0.2) is 53.0 Å². The van der Waals surface area contributed by atoms with Gasteiger partial charge in [-0.1, -0.05) is 34.1 Å². The van der Waals surface area contributed by atoms with E-state index in [0.717, 1.165) is 10.0 Å². The monoisotopic (exact) mass is 345 g/mol. The summed E-state index contributed by atoms with van der Waals surface area (Å²) < 4.78 is 14.2. The molecule has 0 unspecified atom stereocenters. The minimum absolute atomic E-state index is 0.0326. The zero-order chi connectivity index (χ0) is 15.0. The van der Waals surface area contributed by atoms with Gasteiger partial charge in [0.05, 0.1) is 16.8 Å². The van der Waals surface area contributed by atoms with Crippen LogP contribution in [0.4, 0.5) is 4.39 Å². The molecular weight excluding hydrogens is 337 g/mol. The molecule has 0 aliphatic heterocycles. The molecule has 3 aromatic rings. The number of fused-ring (bicyclic) bond motifs is 1. The molecule has 0 fully saturated rings. The number of aromatic carboxylic acids is 1. The van der Waals surface area contributed by atoms with E-state index in [1.807, 2.05) is 24.3 Å². The number of aromatic nitrogens is 1. The summed E-state index contributed by atoms with van der Waals surface area (Å²) in [5, 5.41) is 9.64. The van der Waals surface area contributed by atoms with E-state index < -0.39 is 11.8 Å². The van der Waals surface area contributed by atoms with Crippen molar-refractivity contribution in [2.75, 3.05) is 0 Å². The Morgan fingerprint density at radius 2 is 1.90 bits per heavy atom. The minimum atomic E-state index is -1.11. The van der Waals surface area contributed by atoms with Crippen molar-refractivity contribution in [2.45, 2.75) is 0 Å². The van der Waals surface area contributed by atoms with Gasteiger partial charge < -0.3 is 5.11 Å². The van der Waals surface area contributed by atoms with Crippen molar-refractivity contribution in [3.05, 3.63) is 64.4 Å². The van der Waals surface area contributed by atoms with Gasteiger partial charge in [0.1, 0.15) is 5.82 Å². The third-order valence-electron chi connectivity index (χ3n) is 3.15. The zero-order valence-electron chi connectivity index (χ0n) is 10.7. The second-order valence-electron chi connectivity index (χ2n) is 4.50. The summed E-state index contributed by atoms with van der Waals surface area (Å²) in [5.41, 5.74) is 1.79. The predicted octanol–water partition coefficient (Wildman–Crippen LogP) is 4.50. The van der Waals surface area contributed by atoms with E-state index in [1.165, 1.54) is 24.3 Å². The Kier molecular flexibility index (Phi) is 3.43. The smallest absolute Gasteiger partial charge is 0.336 e. The Morgan fingerprint density at radius 1 is 1.14 bits per heavy atom.